The van der Waals surface area contributed by atoms with E-state index in [0.29, 0.717) is 28.0 Å². The normalized spacial score (nSPS) is 11.3. The van der Waals surface area contributed by atoms with Crippen LogP contribution in [0.2, 0.25) is 10.0 Å². The summed E-state index contributed by atoms with van der Waals surface area (Å²) in [6.07, 6.45) is 3.22. The molecule has 3 rings (SSSR count). The van der Waals surface area contributed by atoms with Crippen molar-refractivity contribution >= 4 is 44.6 Å². The van der Waals surface area contributed by atoms with E-state index in [0.717, 1.165) is 0 Å². The Bertz CT molecular complexity index is 1130. The number of nitrogens with zero attached hydrogens (tertiary/aromatic N) is 2. The quantitative estimate of drug-likeness (QED) is 0.582. The Hall–Kier alpha value is -2.55. The van der Waals surface area contributed by atoms with Crippen molar-refractivity contribution in [3.05, 3.63) is 64.9 Å². The maximum Gasteiger partial charge on any atom is 0.226 e. The van der Waals surface area contributed by atoms with Crippen LogP contribution in [0.15, 0.2) is 64.6 Å². The number of anilines is 1. The lowest BCUT2D eigenvalue weighted by Crippen LogP contribution is -2.15. The zero-order valence-corrected chi connectivity index (χ0v) is 17.6. The monoisotopic (exact) mass is 453 g/mol. The third kappa shape index (κ3) is 5.29. The van der Waals surface area contributed by atoms with Gasteiger partial charge in [-0.25, -0.2) is 8.42 Å². The van der Waals surface area contributed by atoms with Gasteiger partial charge in [0.25, 0.3) is 0 Å². The number of methoxy groups -OCH3 is 1. The molecule has 29 heavy (non-hydrogen) atoms. The third-order valence-corrected chi connectivity index (χ3v) is 6.20. The summed E-state index contributed by atoms with van der Waals surface area (Å²) in [4.78, 5) is 12.4. The zero-order chi connectivity index (χ0) is 21.0. The summed E-state index contributed by atoms with van der Waals surface area (Å²) in [6.45, 7) is 0.332. The molecule has 1 N–H and O–H groups in total. The number of carbonyl (C=O) groups excluding carboxylic acids is 1. The van der Waals surface area contributed by atoms with Gasteiger partial charge in [0.15, 0.2) is 0 Å². The van der Waals surface area contributed by atoms with Crippen LogP contribution in [-0.4, -0.2) is 31.2 Å². The highest BCUT2D eigenvalue weighted by atomic mass is 35.5. The molecule has 7 nitrogen and oxygen atoms in total. The van der Waals surface area contributed by atoms with Crippen LogP contribution in [0.25, 0.3) is 0 Å². The summed E-state index contributed by atoms with van der Waals surface area (Å²) in [5.41, 5.74) is 0.306. The van der Waals surface area contributed by atoms with E-state index in [4.69, 9.17) is 27.9 Å². The number of carbonyl (C=O) groups is 1. The Balaban J connectivity index is 1.81. The van der Waals surface area contributed by atoms with Crippen molar-refractivity contribution in [3.63, 3.8) is 0 Å². The van der Waals surface area contributed by atoms with Crippen molar-refractivity contribution in [1.29, 1.82) is 0 Å². The molecule has 0 spiro atoms. The lowest BCUT2D eigenvalue weighted by atomic mass is 10.3. The van der Waals surface area contributed by atoms with Crippen LogP contribution >= 0.6 is 23.2 Å². The van der Waals surface area contributed by atoms with Crippen LogP contribution in [0, 0.1) is 0 Å². The second-order valence-electron chi connectivity index (χ2n) is 6.07. The molecule has 0 saturated carbocycles. The van der Waals surface area contributed by atoms with Gasteiger partial charge in [-0.3, -0.25) is 9.48 Å². The van der Waals surface area contributed by atoms with E-state index >= 15 is 0 Å². The molecule has 1 amide bonds. The van der Waals surface area contributed by atoms with Gasteiger partial charge in [0.05, 0.1) is 28.1 Å². The van der Waals surface area contributed by atoms with Crippen molar-refractivity contribution in [2.24, 2.45) is 0 Å². The topological polar surface area (TPSA) is 90.3 Å². The fourth-order valence-electron chi connectivity index (χ4n) is 2.57. The molecule has 0 unspecified atom stereocenters. The smallest absolute Gasteiger partial charge is 0.226 e. The van der Waals surface area contributed by atoms with Gasteiger partial charge in [-0.05, 0) is 36.4 Å². The Labute approximate surface area is 178 Å². The molecule has 0 aliphatic rings. The Morgan fingerprint density at radius 1 is 1.10 bits per heavy atom. The summed E-state index contributed by atoms with van der Waals surface area (Å²) in [6, 6.07) is 10.2. The average Bonchev–Trinajstić information content (AvgIpc) is 3.11. The molecule has 0 bridgehead atoms. The Morgan fingerprint density at radius 2 is 1.83 bits per heavy atom. The van der Waals surface area contributed by atoms with E-state index in [-0.39, 0.29) is 22.1 Å². The molecule has 0 aliphatic carbocycles. The maximum atomic E-state index is 12.9. The van der Waals surface area contributed by atoms with E-state index in [1.165, 1.54) is 49.7 Å². The number of hydrogen-bond donors (Lipinski definition) is 1. The molecule has 1 aromatic heterocycles. The van der Waals surface area contributed by atoms with E-state index in [1.54, 1.807) is 16.9 Å². The summed E-state index contributed by atoms with van der Waals surface area (Å²) < 4.78 is 32.6. The number of aryl methyl sites for hydroxylation is 1. The molecule has 2 aromatic carbocycles. The van der Waals surface area contributed by atoms with Crippen molar-refractivity contribution in [3.8, 4) is 5.75 Å². The maximum absolute atomic E-state index is 12.9. The van der Waals surface area contributed by atoms with Gasteiger partial charge in [0, 0.05) is 35.9 Å². The SMILES string of the molecule is COc1cc(NC(=O)CCn2cc(Cl)cn2)cc(S(=O)(=O)c2ccc(Cl)cc2)c1. The molecular weight excluding hydrogens is 437 g/mol. The molecule has 152 valence electrons. The Kier molecular flexibility index (Phi) is 6.46. The first-order valence-electron chi connectivity index (χ1n) is 8.45. The minimum Gasteiger partial charge on any atom is -0.497 e. The number of ether oxygens (including phenoxy) is 1. The minimum atomic E-state index is -3.82. The number of sulfone groups is 1. The zero-order valence-electron chi connectivity index (χ0n) is 15.3. The van der Waals surface area contributed by atoms with Crippen LogP contribution in [0.3, 0.4) is 0 Å². The number of nitrogens with one attached hydrogen (secondary N) is 1. The summed E-state index contributed by atoms with van der Waals surface area (Å²) in [7, 11) is -2.40. The molecule has 0 atom stereocenters. The van der Waals surface area contributed by atoms with Crippen LogP contribution in [0.1, 0.15) is 6.42 Å². The van der Waals surface area contributed by atoms with Crippen molar-refractivity contribution in [2.45, 2.75) is 22.8 Å². The number of hydrogen-bond acceptors (Lipinski definition) is 5. The minimum absolute atomic E-state index is 0.00618. The number of aromatic nitrogens is 2. The second-order valence-corrected chi connectivity index (χ2v) is 8.90. The standard InChI is InChI=1S/C19H17Cl2N3O4S/c1-28-16-8-15(23-19(25)6-7-24-12-14(21)11-22-24)9-18(10-16)29(26,27)17-4-2-13(20)3-5-17/h2-5,8-12H,6-7H2,1H3,(H,23,25). The van der Waals surface area contributed by atoms with Gasteiger partial charge >= 0.3 is 0 Å². The number of amides is 1. The third-order valence-electron chi connectivity index (χ3n) is 4.00. The molecule has 0 fully saturated rings. The average molecular weight is 454 g/mol. The summed E-state index contributed by atoms with van der Waals surface area (Å²) in [5, 5.41) is 7.61. The van der Waals surface area contributed by atoms with Crippen molar-refractivity contribution < 1.29 is 17.9 Å². The van der Waals surface area contributed by atoms with Gasteiger partial charge in [-0.15, -0.1) is 0 Å². The predicted octanol–water partition coefficient (Wildman–Crippen LogP) is 4.06. The molecule has 10 heteroatoms. The first kappa shape index (κ1) is 21.2. The largest absolute Gasteiger partial charge is 0.497 e. The molecule has 0 radical (unpaired) electrons. The van der Waals surface area contributed by atoms with Gasteiger partial charge in [-0.1, -0.05) is 23.2 Å². The first-order valence-corrected chi connectivity index (χ1v) is 10.7. The van der Waals surface area contributed by atoms with Crippen LogP contribution in [0.5, 0.6) is 5.75 Å². The van der Waals surface area contributed by atoms with Crippen molar-refractivity contribution in [1.82, 2.24) is 9.78 Å². The summed E-state index contributed by atoms with van der Waals surface area (Å²) >= 11 is 11.6. The van der Waals surface area contributed by atoms with E-state index in [9.17, 15) is 13.2 Å². The molecule has 0 aliphatic heterocycles. The van der Waals surface area contributed by atoms with Gasteiger partial charge in [0.2, 0.25) is 15.7 Å². The number of rotatable bonds is 7. The predicted molar refractivity (Wildman–Crippen MR) is 110 cm³/mol. The number of benzene rings is 2. The highest BCUT2D eigenvalue weighted by molar-refractivity contribution is 7.91. The second kappa shape index (κ2) is 8.86. The van der Waals surface area contributed by atoms with Gasteiger partial charge < -0.3 is 10.1 Å². The first-order chi connectivity index (χ1) is 13.8. The van der Waals surface area contributed by atoms with Crippen LogP contribution in [0.4, 0.5) is 5.69 Å². The Morgan fingerprint density at radius 3 is 2.45 bits per heavy atom. The van der Waals surface area contributed by atoms with E-state index in [2.05, 4.69) is 10.4 Å². The molecule has 1 heterocycles. The van der Waals surface area contributed by atoms with Crippen LogP contribution in [-0.2, 0) is 21.2 Å². The van der Waals surface area contributed by atoms with Gasteiger partial charge in [0.1, 0.15) is 5.75 Å². The van der Waals surface area contributed by atoms with E-state index < -0.39 is 9.84 Å². The van der Waals surface area contributed by atoms with Crippen LogP contribution < -0.4 is 10.1 Å². The molecule has 3 aromatic rings. The van der Waals surface area contributed by atoms with Gasteiger partial charge in [-0.2, -0.15) is 5.10 Å². The number of halogens is 2. The molecular formula is C19H17Cl2N3O4S. The fraction of sp³-hybridized carbons (Fsp3) is 0.158. The van der Waals surface area contributed by atoms with Crippen molar-refractivity contribution in [2.75, 3.05) is 12.4 Å². The highest BCUT2D eigenvalue weighted by Gasteiger charge is 2.20. The van der Waals surface area contributed by atoms with E-state index in [1.807, 2.05) is 0 Å². The molecule has 0 saturated heterocycles. The lowest BCUT2D eigenvalue weighted by molar-refractivity contribution is -0.116. The highest BCUT2D eigenvalue weighted by Crippen LogP contribution is 2.29. The lowest BCUT2D eigenvalue weighted by Gasteiger charge is -2.11. The summed E-state index contributed by atoms with van der Waals surface area (Å²) in [5.74, 6) is -0.00564. The fourth-order valence-corrected chi connectivity index (χ4v) is 4.17.